The Kier molecular flexibility index (Phi) is 7.33. The van der Waals surface area contributed by atoms with E-state index in [4.69, 9.17) is 21.4 Å². The van der Waals surface area contributed by atoms with Gasteiger partial charge in [-0.3, -0.25) is 4.79 Å². The van der Waals surface area contributed by atoms with Gasteiger partial charge in [0.1, 0.15) is 0 Å². The minimum atomic E-state index is -0.810. The Bertz CT molecular complexity index is 547. The Morgan fingerprint density at radius 3 is 2.48 bits per heavy atom. The molecule has 140 valence electrons. The third kappa shape index (κ3) is 6.00. The molecule has 1 saturated carbocycles. The molecule has 0 aromatic heterocycles. The second kappa shape index (κ2) is 9.05. The Morgan fingerprint density at radius 2 is 1.88 bits per heavy atom. The Labute approximate surface area is 156 Å². The molecule has 2 rings (SSSR count). The fourth-order valence-corrected chi connectivity index (χ4v) is 4.16. The van der Waals surface area contributed by atoms with Crippen LogP contribution in [0.15, 0.2) is 24.3 Å². The van der Waals surface area contributed by atoms with Crippen molar-refractivity contribution in [3.05, 3.63) is 35.4 Å². The second-order valence-corrected chi connectivity index (χ2v) is 8.69. The van der Waals surface area contributed by atoms with Gasteiger partial charge in [0.2, 0.25) is 0 Å². The number of carboxylic acids is 1. The maximum absolute atomic E-state index is 10.5. The van der Waals surface area contributed by atoms with Gasteiger partial charge in [0.15, 0.2) is 0 Å². The molecular weight excluding hydrogens is 336 g/mol. The molecule has 0 spiro atoms. The van der Waals surface area contributed by atoms with Crippen LogP contribution in [-0.2, 0) is 14.9 Å². The lowest BCUT2D eigenvalue weighted by Gasteiger charge is -2.24. The molecular formula is C21H31ClO3. The van der Waals surface area contributed by atoms with E-state index < -0.39 is 5.97 Å². The number of alkyl halides is 1. The summed E-state index contributed by atoms with van der Waals surface area (Å²) in [5, 5.41) is 8.84. The van der Waals surface area contributed by atoms with E-state index in [1.54, 1.807) is 0 Å². The standard InChI is InChI=1S/C21H31ClO3/c1-21(2,3)16-8-6-15(7-9-16)17-10-11-19(22)18(17)5-4-13-25-14-12-20(23)24/h6-9,17-19H,4-5,10-14H2,1-3H3,(H,23,24). The molecule has 0 radical (unpaired) electrons. The molecule has 1 N–H and O–H groups in total. The molecule has 0 bridgehead atoms. The van der Waals surface area contributed by atoms with Crippen molar-refractivity contribution in [3.63, 3.8) is 0 Å². The third-order valence-electron chi connectivity index (χ3n) is 5.23. The van der Waals surface area contributed by atoms with Crippen molar-refractivity contribution in [2.45, 2.75) is 69.6 Å². The van der Waals surface area contributed by atoms with Crippen LogP contribution in [0.25, 0.3) is 0 Å². The van der Waals surface area contributed by atoms with Crippen LogP contribution < -0.4 is 0 Å². The topological polar surface area (TPSA) is 46.5 Å². The van der Waals surface area contributed by atoms with Gasteiger partial charge in [-0.15, -0.1) is 11.6 Å². The van der Waals surface area contributed by atoms with E-state index in [0.717, 1.165) is 25.7 Å². The van der Waals surface area contributed by atoms with Crippen molar-refractivity contribution >= 4 is 17.6 Å². The van der Waals surface area contributed by atoms with Crippen LogP contribution >= 0.6 is 11.6 Å². The molecule has 1 aromatic rings. The number of hydrogen-bond acceptors (Lipinski definition) is 2. The van der Waals surface area contributed by atoms with E-state index in [0.29, 0.717) is 25.0 Å². The zero-order valence-corrected chi connectivity index (χ0v) is 16.4. The van der Waals surface area contributed by atoms with Crippen molar-refractivity contribution < 1.29 is 14.6 Å². The normalized spacial score (nSPS) is 23.8. The summed E-state index contributed by atoms with van der Waals surface area (Å²) in [6.45, 7) is 7.61. The van der Waals surface area contributed by atoms with Crippen LogP contribution in [0.5, 0.6) is 0 Å². The first-order valence-electron chi connectivity index (χ1n) is 9.33. The van der Waals surface area contributed by atoms with Gasteiger partial charge < -0.3 is 9.84 Å². The lowest BCUT2D eigenvalue weighted by atomic mass is 9.82. The predicted molar refractivity (Wildman–Crippen MR) is 103 cm³/mol. The van der Waals surface area contributed by atoms with E-state index >= 15 is 0 Å². The lowest BCUT2D eigenvalue weighted by molar-refractivity contribution is -0.138. The van der Waals surface area contributed by atoms with E-state index in [1.807, 2.05) is 0 Å². The first-order chi connectivity index (χ1) is 11.8. The number of rotatable bonds is 8. The highest BCUT2D eigenvalue weighted by molar-refractivity contribution is 6.21. The van der Waals surface area contributed by atoms with Gasteiger partial charge in [-0.1, -0.05) is 45.0 Å². The summed E-state index contributed by atoms with van der Waals surface area (Å²) in [6.07, 6.45) is 4.26. The fraction of sp³-hybridized carbons (Fsp3) is 0.667. The van der Waals surface area contributed by atoms with Gasteiger partial charge in [-0.05, 0) is 54.1 Å². The monoisotopic (exact) mass is 366 g/mol. The summed E-state index contributed by atoms with van der Waals surface area (Å²) in [7, 11) is 0. The van der Waals surface area contributed by atoms with E-state index in [-0.39, 0.29) is 17.2 Å². The first kappa shape index (κ1) is 20.3. The van der Waals surface area contributed by atoms with E-state index in [1.165, 1.54) is 11.1 Å². The highest BCUT2D eigenvalue weighted by Crippen LogP contribution is 2.45. The minimum Gasteiger partial charge on any atom is -0.481 e. The van der Waals surface area contributed by atoms with Crippen LogP contribution in [0, 0.1) is 5.92 Å². The highest BCUT2D eigenvalue weighted by atomic mass is 35.5. The van der Waals surface area contributed by atoms with Gasteiger partial charge in [0.25, 0.3) is 0 Å². The molecule has 1 fully saturated rings. The van der Waals surface area contributed by atoms with Gasteiger partial charge in [0.05, 0.1) is 13.0 Å². The molecule has 1 aromatic carbocycles. The smallest absolute Gasteiger partial charge is 0.305 e. The van der Waals surface area contributed by atoms with Crippen molar-refractivity contribution in [2.75, 3.05) is 13.2 Å². The van der Waals surface area contributed by atoms with Crippen molar-refractivity contribution in [3.8, 4) is 0 Å². The summed E-state index contributed by atoms with van der Waals surface area (Å²) in [6, 6.07) is 9.05. The lowest BCUT2D eigenvalue weighted by Crippen LogP contribution is -2.16. The number of benzene rings is 1. The van der Waals surface area contributed by atoms with E-state index in [9.17, 15) is 4.79 Å². The number of aliphatic carboxylic acids is 1. The average molecular weight is 367 g/mol. The molecule has 3 nitrogen and oxygen atoms in total. The van der Waals surface area contributed by atoms with Crippen LogP contribution in [0.4, 0.5) is 0 Å². The Balaban J connectivity index is 1.88. The second-order valence-electron chi connectivity index (χ2n) is 8.13. The number of ether oxygens (including phenoxy) is 1. The molecule has 3 atom stereocenters. The summed E-state index contributed by atoms with van der Waals surface area (Å²) in [4.78, 5) is 10.5. The number of hydrogen-bond donors (Lipinski definition) is 1. The fourth-order valence-electron chi connectivity index (χ4n) is 3.73. The van der Waals surface area contributed by atoms with Gasteiger partial charge >= 0.3 is 5.97 Å². The molecule has 1 aliphatic carbocycles. The van der Waals surface area contributed by atoms with Gasteiger partial charge in [0, 0.05) is 12.0 Å². The average Bonchev–Trinajstić information content (AvgIpc) is 2.91. The SMILES string of the molecule is CC(C)(C)c1ccc(C2CCC(Cl)C2CCCOCCC(=O)O)cc1. The summed E-state index contributed by atoms with van der Waals surface area (Å²) < 4.78 is 5.41. The van der Waals surface area contributed by atoms with Crippen LogP contribution in [-0.4, -0.2) is 29.7 Å². The molecule has 0 heterocycles. The number of carboxylic acid groups (broad SMARTS) is 1. The summed E-state index contributed by atoms with van der Waals surface area (Å²) in [5.74, 6) is 0.191. The van der Waals surface area contributed by atoms with Crippen LogP contribution in [0.3, 0.4) is 0 Å². The minimum absolute atomic E-state index is 0.0737. The number of halogens is 1. The molecule has 0 amide bonds. The van der Waals surface area contributed by atoms with Crippen LogP contribution in [0.1, 0.15) is 69.9 Å². The molecule has 25 heavy (non-hydrogen) atoms. The van der Waals surface area contributed by atoms with Crippen molar-refractivity contribution in [1.82, 2.24) is 0 Å². The molecule has 0 aliphatic heterocycles. The van der Waals surface area contributed by atoms with Crippen molar-refractivity contribution in [1.29, 1.82) is 0 Å². The Hall–Kier alpha value is -1.06. The van der Waals surface area contributed by atoms with Gasteiger partial charge in [-0.2, -0.15) is 0 Å². The third-order valence-corrected chi connectivity index (χ3v) is 5.77. The summed E-state index contributed by atoms with van der Waals surface area (Å²) in [5.41, 5.74) is 2.93. The molecule has 0 saturated heterocycles. The number of carbonyl (C=O) groups is 1. The summed E-state index contributed by atoms with van der Waals surface area (Å²) >= 11 is 6.59. The zero-order valence-electron chi connectivity index (χ0n) is 15.6. The van der Waals surface area contributed by atoms with Gasteiger partial charge in [-0.25, -0.2) is 0 Å². The first-order valence-corrected chi connectivity index (χ1v) is 9.76. The molecule has 4 heteroatoms. The zero-order chi connectivity index (χ0) is 18.4. The quantitative estimate of drug-likeness (QED) is 0.497. The predicted octanol–water partition coefficient (Wildman–Crippen LogP) is 5.36. The highest BCUT2D eigenvalue weighted by Gasteiger charge is 2.35. The van der Waals surface area contributed by atoms with E-state index in [2.05, 4.69) is 45.0 Å². The largest absolute Gasteiger partial charge is 0.481 e. The molecule has 3 unspecified atom stereocenters. The Morgan fingerprint density at radius 1 is 1.20 bits per heavy atom. The maximum atomic E-state index is 10.5. The van der Waals surface area contributed by atoms with Crippen molar-refractivity contribution in [2.24, 2.45) is 5.92 Å². The maximum Gasteiger partial charge on any atom is 0.305 e. The molecule has 1 aliphatic rings. The van der Waals surface area contributed by atoms with Crippen LogP contribution in [0.2, 0.25) is 0 Å².